The third-order valence-electron chi connectivity index (χ3n) is 2.21. The minimum absolute atomic E-state index is 0.617. The summed E-state index contributed by atoms with van der Waals surface area (Å²) in [6, 6.07) is 4.21. The van der Waals surface area contributed by atoms with E-state index in [1.54, 1.807) is 24.6 Å². The summed E-state index contributed by atoms with van der Waals surface area (Å²) >= 11 is 5.20. The summed E-state index contributed by atoms with van der Waals surface area (Å²) in [4.78, 5) is 9.81. The molecule has 0 saturated heterocycles. The number of nitrogens with one attached hydrogen (secondary N) is 2. The van der Waals surface area contributed by atoms with Crippen LogP contribution in [0.15, 0.2) is 28.2 Å². The first-order valence-electron chi connectivity index (χ1n) is 5.26. The van der Waals surface area contributed by atoms with Gasteiger partial charge in [0.05, 0.1) is 4.47 Å². The van der Waals surface area contributed by atoms with E-state index in [-0.39, 0.29) is 0 Å². The molecule has 0 amide bonds. The normalized spacial score (nSPS) is 10.2. The maximum Gasteiger partial charge on any atom is 0.224 e. The molecule has 0 aromatic carbocycles. The molecule has 2 aromatic heterocycles. The van der Waals surface area contributed by atoms with Gasteiger partial charge in [0.2, 0.25) is 5.95 Å². The predicted octanol–water partition coefficient (Wildman–Crippen LogP) is 3.00. The van der Waals surface area contributed by atoms with Crippen LogP contribution < -0.4 is 10.6 Å². The molecule has 0 aliphatic rings. The van der Waals surface area contributed by atoms with E-state index in [9.17, 15) is 0 Å². The molecular weight excluding hydrogens is 300 g/mol. The monoisotopic (exact) mass is 312 g/mol. The van der Waals surface area contributed by atoms with Gasteiger partial charge in [-0.1, -0.05) is 6.07 Å². The third-order valence-corrected chi connectivity index (χ3v) is 3.73. The second-order valence-corrected chi connectivity index (χ2v) is 5.28. The van der Waals surface area contributed by atoms with Gasteiger partial charge in [0.25, 0.3) is 0 Å². The van der Waals surface area contributed by atoms with Crippen LogP contribution >= 0.6 is 27.3 Å². The maximum atomic E-state index is 4.33. The fourth-order valence-electron chi connectivity index (χ4n) is 1.37. The van der Waals surface area contributed by atoms with E-state index < -0.39 is 0 Å². The molecule has 0 aliphatic carbocycles. The van der Waals surface area contributed by atoms with Gasteiger partial charge in [-0.2, -0.15) is 4.98 Å². The van der Waals surface area contributed by atoms with E-state index in [4.69, 9.17) is 0 Å². The van der Waals surface area contributed by atoms with Crippen LogP contribution in [0.4, 0.5) is 11.8 Å². The molecule has 0 radical (unpaired) electrons. The molecule has 2 aromatic rings. The van der Waals surface area contributed by atoms with E-state index in [2.05, 4.69) is 54.0 Å². The summed E-state index contributed by atoms with van der Waals surface area (Å²) < 4.78 is 0.877. The zero-order chi connectivity index (χ0) is 12.1. The largest absolute Gasteiger partial charge is 0.369 e. The lowest BCUT2D eigenvalue weighted by Gasteiger charge is -2.08. The van der Waals surface area contributed by atoms with E-state index in [0.717, 1.165) is 23.3 Å². The fraction of sp³-hybridized carbons (Fsp3) is 0.273. The Labute approximate surface area is 113 Å². The first kappa shape index (κ1) is 12.3. The number of hydrogen-bond acceptors (Lipinski definition) is 5. The van der Waals surface area contributed by atoms with Gasteiger partial charge in [0.15, 0.2) is 0 Å². The molecule has 17 heavy (non-hydrogen) atoms. The van der Waals surface area contributed by atoms with Crippen LogP contribution in [0.2, 0.25) is 0 Å². The third kappa shape index (κ3) is 3.41. The summed E-state index contributed by atoms with van der Waals surface area (Å²) in [6.45, 7) is 0.860. The molecule has 2 heterocycles. The van der Waals surface area contributed by atoms with Crippen LogP contribution in [0.25, 0.3) is 0 Å². The summed E-state index contributed by atoms with van der Waals surface area (Å²) in [5, 5.41) is 8.30. The van der Waals surface area contributed by atoms with Crippen molar-refractivity contribution in [1.82, 2.24) is 9.97 Å². The second-order valence-electron chi connectivity index (χ2n) is 3.40. The van der Waals surface area contributed by atoms with Crippen LogP contribution in [0.3, 0.4) is 0 Å². The van der Waals surface area contributed by atoms with Crippen molar-refractivity contribution in [1.29, 1.82) is 0 Å². The minimum atomic E-state index is 0.617. The van der Waals surface area contributed by atoms with Crippen LogP contribution in [0.1, 0.15) is 4.88 Å². The maximum absolute atomic E-state index is 4.33. The smallest absolute Gasteiger partial charge is 0.224 e. The fourth-order valence-corrected chi connectivity index (χ4v) is 2.41. The van der Waals surface area contributed by atoms with Crippen molar-refractivity contribution in [3.05, 3.63) is 33.1 Å². The number of nitrogens with zero attached hydrogens (tertiary/aromatic N) is 2. The van der Waals surface area contributed by atoms with E-state index in [1.807, 2.05) is 0 Å². The van der Waals surface area contributed by atoms with Crippen molar-refractivity contribution < 1.29 is 0 Å². The van der Waals surface area contributed by atoms with Gasteiger partial charge in [-0.3, -0.25) is 0 Å². The summed E-state index contributed by atoms with van der Waals surface area (Å²) in [6.07, 6.45) is 2.75. The average molecular weight is 313 g/mol. The lowest BCUT2D eigenvalue weighted by atomic mass is 10.3. The van der Waals surface area contributed by atoms with Gasteiger partial charge in [0.1, 0.15) is 5.82 Å². The second kappa shape index (κ2) is 5.97. The minimum Gasteiger partial charge on any atom is -0.369 e. The van der Waals surface area contributed by atoms with E-state index in [1.165, 1.54) is 4.88 Å². The van der Waals surface area contributed by atoms with Crippen molar-refractivity contribution >= 4 is 39.0 Å². The Bertz CT molecular complexity index is 472. The molecule has 0 unspecified atom stereocenters. The Morgan fingerprint density at radius 1 is 1.47 bits per heavy atom. The molecule has 4 nitrogen and oxygen atoms in total. The highest BCUT2D eigenvalue weighted by Crippen LogP contribution is 2.20. The molecule has 90 valence electrons. The Morgan fingerprint density at radius 2 is 2.35 bits per heavy atom. The molecule has 2 rings (SSSR count). The molecule has 0 fully saturated rings. The highest BCUT2D eigenvalue weighted by atomic mass is 79.9. The Balaban J connectivity index is 1.94. The first-order chi connectivity index (χ1) is 8.29. The summed E-state index contributed by atoms with van der Waals surface area (Å²) in [5.41, 5.74) is 0. The molecule has 2 N–H and O–H groups in total. The number of thiophene rings is 1. The van der Waals surface area contributed by atoms with Crippen molar-refractivity contribution in [2.75, 3.05) is 24.2 Å². The standard InChI is InChI=1S/C11H13BrN4S/c1-13-11-15-7-9(12)10(16-11)14-5-4-8-3-2-6-17-8/h2-3,6-7H,4-5H2,1H3,(H2,13,14,15,16). The number of anilines is 2. The Hall–Kier alpha value is -1.14. The van der Waals surface area contributed by atoms with Gasteiger partial charge in [-0.15, -0.1) is 11.3 Å². The Morgan fingerprint density at radius 3 is 3.06 bits per heavy atom. The van der Waals surface area contributed by atoms with Crippen molar-refractivity contribution in [2.24, 2.45) is 0 Å². The lowest BCUT2D eigenvalue weighted by Crippen LogP contribution is -2.08. The van der Waals surface area contributed by atoms with Gasteiger partial charge >= 0.3 is 0 Å². The lowest BCUT2D eigenvalue weighted by molar-refractivity contribution is 1.01. The molecule has 0 spiro atoms. The van der Waals surface area contributed by atoms with Gasteiger partial charge in [0, 0.05) is 24.7 Å². The highest BCUT2D eigenvalue weighted by Gasteiger charge is 2.03. The summed E-state index contributed by atoms with van der Waals surface area (Å²) in [7, 11) is 1.80. The molecule has 0 atom stereocenters. The molecule has 0 saturated carbocycles. The van der Waals surface area contributed by atoms with Gasteiger partial charge in [-0.25, -0.2) is 4.98 Å². The van der Waals surface area contributed by atoms with Gasteiger partial charge < -0.3 is 10.6 Å². The van der Waals surface area contributed by atoms with Gasteiger partial charge in [-0.05, 0) is 33.8 Å². The van der Waals surface area contributed by atoms with Crippen LogP contribution in [-0.4, -0.2) is 23.6 Å². The summed E-state index contributed by atoms with van der Waals surface area (Å²) in [5.74, 6) is 1.44. The quantitative estimate of drug-likeness (QED) is 0.891. The van der Waals surface area contributed by atoms with Crippen LogP contribution in [0, 0.1) is 0 Å². The van der Waals surface area contributed by atoms with Crippen molar-refractivity contribution in [3.8, 4) is 0 Å². The Kier molecular flexibility index (Phi) is 4.33. The van der Waals surface area contributed by atoms with Crippen LogP contribution in [0.5, 0.6) is 0 Å². The SMILES string of the molecule is CNc1ncc(Br)c(NCCc2cccs2)n1. The van der Waals surface area contributed by atoms with Crippen molar-refractivity contribution in [3.63, 3.8) is 0 Å². The zero-order valence-electron chi connectivity index (χ0n) is 9.40. The topological polar surface area (TPSA) is 49.8 Å². The van der Waals surface area contributed by atoms with Crippen LogP contribution in [-0.2, 0) is 6.42 Å². The molecule has 0 bridgehead atoms. The van der Waals surface area contributed by atoms with Crippen molar-refractivity contribution in [2.45, 2.75) is 6.42 Å². The van der Waals surface area contributed by atoms with E-state index in [0.29, 0.717) is 5.95 Å². The zero-order valence-corrected chi connectivity index (χ0v) is 11.8. The number of aromatic nitrogens is 2. The first-order valence-corrected chi connectivity index (χ1v) is 6.93. The number of hydrogen-bond donors (Lipinski definition) is 2. The molecule has 0 aliphatic heterocycles. The molecular formula is C11H13BrN4S. The average Bonchev–Trinajstić information content (AvgIpc) is 2.84. The van der Waals surface area contributed by atoms with E-state index >= 15 is 0 Å². The predicted molar refractivity (Wildman–Crippen MR) is 75.8 cm³/mol. The number of halogens is 1. The molecule has 6 heteroatoms. The number of rotatable bonds is 5. The highest BCUT2D eigenvalue weighted by molar-refractivity contribution is 9.10.